The fourth-order valence-electron chi connectivity index (χ4n) is 3.49. The summed E-state index contributed by atoms with van der Waals surface area (Å²) in [5.74, 6) is 1.14. The Bertz CT molecular complexity index is 612. The van der Waals surface area contributed by atoms with E-state index in [1.165, 1.54) is 19.3 Å². The maximum Gasteiger partial charge on any atom is 0.160 e. The molecule has 5 heteroatoms. The zero-order valence-corrected chi connectivity index (χ0v) is 12.3. The number of piperidine rings is 1. The van der Waals surface area contributed by atoms with Crippen molar-refractivity contribution in [2.24, 2.45) is 0 Å². The van der Waals surface area contributed by atoms with Crippen LogP contribution in [0.4, 0.5) is 0 Å². The normalized spacial score (nSPS) is 26.5. The van der Waals surface area contributed by atoms with E-state index in [0.29, 0.717) is 12.1 Å². The van der Waals surface area contributed by atoms with E-state index in [-0.39, 0.29) is 0 Å². The molecule has 4 rings (SSSR count). The van der Waals surface area contributed by atoms with E-state index in [1.54, 1.807) is 0 Å². The second kappa shape index (κ2) is 5.73. The minimum absolute atomic E-state index is 0.312. The molecule has 2 aromatic heterocycles. The molecule has 0 amide bonds. The van der Waals surface area contributed by atoms with E-state index in [9.17, 15) is 0 Å². The molecule has 1 N–H and O–H groups in total. The molecular weight excluding hydrogens is 264 g/mol. The summed E-state index contributed by atoms with van der Waals surface area (Å²) in [4.78, 5) is 9.42. The number of ether oxygens (including phenoxy) is 1. The Morgan fingerprint density at radius 1 is 1.29 bits per heavy atom. The van der Waals surface area contributed by atoms with Crippen LogP contribution in [-0.2, 0) is 11.3 Å². The van der Waals surface area contributed by atoms with E-state index >= 15 is 0 Å². The topological polar surface area (TPSA) is 52.0 Å². The number of aromatic nitrogens is 3. The van der Waals surface area contributed by atoms with Crippen molar-refractivity contribution >= 4 is 11.2 Å². The first kappa shape index (κ1) is 13.2. The van der Waals surface area contributed by atoms with Crippen molar-refractivity contribution in [2.75, 3.05) is 13.2 Å². The standard InChI is InChI=1S/C16H22N4O/c1-2-8-17-13(6-1)16-19-14-7-3-9-18-15(14)20(16)11-12-5-4-10-21-12/h3,7,9,12-13,17H,1-2,4-6,8,10-11H2. The molecule has 0 spiro atoms. The van der Waals surface area contributed by atoms with Gasteiger partial charge in [-0.15, -0.1) is 0 Å². The average Bonchev–Trinajstić information content (AvgIpc) is 3.17. The molecule has 2 unspecified atom stereocenters. The number of pyridine rings is 1. The van der Waals surface area contributed by atoms with Gasteiger partial charge in [-0.25, -0.2) is 9.97 Å². The SMILES string of the molecule is c1cnc2c(c1)nc(C1CCCCN1)n2CC1CCCO1. The van der Waals surface area contributed by atoms with Gasteiger partial charge >= 0.3 is 0 Å². The molecule has 2 aliphatic rings. The molecule has 4 heterocycles. The van der Waals surface area contributed by atoms with Gasteiger partial charge in [0.05, 0.1) is 18.7 Å². The molecule has 0 saturated carbocycles. The number of imidazole rings is 1. The maximum atomic E-state index is 5.82. The van der Waals surface area contributed by atoms with Gasteiger partial charge in [-0.3, -0.25) is 0 Å². The number of hydrogen-bond donors (Lipinski definition) is 1. The lowest BCUT2D eigenvalue weighted by Gasteiger charge is -2.24. The molecule has 21 heavy (non-hydrogen) atoms. The fraction of sp³-hybridized carbons (Fsp3) is 0.625. The number of hydrogen-bond acceptors (Lipinski definition) is 4. The third-order valence-corrected chi connectivity index (χ3v) is 4.57. The largest absolute Gasteiger partial charge is 0.376 e. The highest BCUT2D eigenvalue weighted by atomic mass is 16.5. The van der Waals surface area contributed by atoms with Gasteiger partial charge in [0.25, 0.3) is 0 Å². The number of rotatable bonds is 3. The van der Waals surface area contributed by atoms with Crippen molar-refractivity contribution in [2.45, 2.75) is 50.8 Å². The van der Waals surface area contributed by atoms with Crippen LogP contribution in [0, 0.1) is 0 Å². The van der Waals surface area contributed by atoms with E-state index in [0.717, 1.165) is 49.5 Å². The summed E-state index contributed by atoms with van der Waals surface area (Å²) in [6.07, 6.45) is 8.18. The van der Waals surface area contributed by atoms with Crippen molar-refractivity contribution < 1.29 is 4.74 Å². The van der Waals surface area contributed by atoms with Gasteiger partial charge in [0, 0.05) is 12.8 Å². The van der Waals surface area contributed by atoms with Crippen LogP contribution in [-0.4, -0.2) is 33.8 Å². The molecule has 2 saturated heterocycles. The Morgan fingerprint density at radius 3 is 3.10 bits per heavy atom. The van der Waals surface area contributed by atoms with Crippen LogP contribution in [0.15, 0.2) is 18.3 Å². The smallest absolute Gasteiger partial charge is 0.160 e. The monoisotopic (exact) mass is 286 g/mol. The van der Waals surface area contributed by atoms with E-state index in [2.05, 4.69) is 20.9 Å². The van der Waals surface area contributed by atoms with Crippen LogP contribution >= 0.6 is 0 Å². The number of fused-ring (bicyclic) bond motifs is 1. The van der Waals surface area contributed by atoms with Crippen molar-refractivity contribution in [1.82, 2.24) is 19.9 Å². The molecule has 0 bridgehead atoms. The van der Waals surface area contributed by atoms with Crippen molar-refractivity contribution in [3.63, 3.8) is 0 Å². The summed E-state index contributed by atoms with van der Waals surface area (Å²) in [6, 6.07) is 4.37. The molecule has 2 atom stereocenters. The molecule has 0 radical (unpaired) electrons. The van der Waals surface area contributed by atoms with Crippen molar-refractivity contribution in [3.8, 4) is 0 Å². The first-order valence-electron chi connectivity index (χ1n) is 8.08. The third-order valence-electron chi connectivity index (χ3n) is 4.57. The predicted molar refractivity (Wildman–Crippen MR) is 81.1 cm³/mol. The molecule has 2 aromatic rings. The summed E-state index contributed by atoms with van der Waals surface area (Å²) >= 11 is 0. The zero-order valence-electron chi connectivity index (χ0n) is 12.3. The van der Waals surface area contributed by atoms with Gasteiger partial charge in [0.2, 0.25) is 0 Å². The second-order valence-electron chi connectivity index (χ2n) is 6.06. The number of nitrogens with one attached hydrogen (secondary N) is 1. The highest BCUT2D eigenvalue weighted by Crippen LogP contribution is 2.27. The maximum absolute atomic E-state index is 5.82. The zero-order chi connectivity index (χ0) is 14.1. The Morgan fingerprint density at radius 2 is 2.29 bits per heavy atom. The number of nitrogens with zero attached hydrogens (tertiary/aromatic N) is 3. The lowest BCUT2D eigenvalue weighted by atomic mass is 10.0. The lowest BCUT2D eigenvalue weighted by Crippen LogP contribution is -2.30. The highest BCUT2D eigenvalue weighted by Gasteiger charge is 2.25. The quantitative estimate of drug-likeness (QED) is 0.941. The molecule has 2 aliphatic heterocycles. The van der Waals surface area contributed by atoms with Crippen LogP contribution in [0.5, 0.6) is 0 Å². The van der Waals surface area contributed by atoms with E-state index in [1.807, 2.05) is 12.3 Å². The summed E-state index contributed by atoms with van der Waals surface area (Å²) in [7, 11) is 0. The van der Waals surface area contributed by atoms with Gasteiger partial charge in [0.1, 0.15) is 11.3 Å². The first-order chi connectivity index (χ1) is 10.4. The lowest BCUT2D eigenvalue weighted by molar-refractivity contribution is 0.0964. The molecule has 2 fully saturated rings. The first-order valence-corrected chi connectivity index (χ1v) is 8.08. The van der Waals surface area contributed by atoms with E-state index < -0.39 is 0 Å². The average molecular weight is 286 g/mol. The van der Waals surface area contributed by atoms with Crippen molar-refractivity contribution in [3.05, 3.63) is 24.2 Å². The highest BCUT2D eigenvalue weighted by molar-refractivity contribution is 5.71. The van der Waals surface area contributed by atoms with Gasteiger partial charge in [0.15, 0.2) is 5.65 Å². The molecule has 0 aromatic carbocycles. The molecule has 0 aliphatic carbocycles. The van der Waals surface area contributed by atoms with Gasteiger partial charge < -0.3 is 14.6 Å². The van der Waals surface area contributed by atoms with Crippen LogP contribution in [0.1, 0.15) is 44.0 Å². The Hall–Kier alpha value is -1.46. The van der Waals surface area contributed by atoms with Gasteiger partial charge in [-0.2, -0.15) is 0 Å². The second-order valence-corrected chi connectivity index (χ2v) is 6.06. The summed E-state index contributed by atoms with van der Waals surface area (Å²) in [6.45, 7) is 2.85. The fourth-order valence-corrected chi connectivity index (χ4v) is 3.49. The van der Waals surface area contributed by atoms with Gasteiger partial charge in [-0.1, -0.05) is 6.42 Å². The minimum Gasteiger partial charge on any atom is -0.376 e. The van der Waals surface area contributed by atoms with E-state index in [4.69, 9.17) is 9.72 Å². The van der Waals surface area contributed by atoms with Crippen LogP contribution in [0.25, 0.3) is 11.2 Å². The van der Waals surface area contributed by atoms with Crippen LogP contribution in [0.2, 0.25) is 0 Å². The third kappa shape index (κ3) is 2.56. The Kier molecular flexibility index (Phi) is 3.61. The molecule has 5 nitrogen and oxygen atoms in total. The van der Waals surface area contributed by atoms with Crippen LogP contribution in [0.3, 0.4) is 0 Å². The Labute approximate surface area is 124 Å². The molecular formula is C16H22N4O. The van der Waals surface area contributed by atoms with Crippen molar-refractivity contribution in [1.29, 1.82) is 0 Å². The summed E-state index contributed by atoms with van der Waals surface area (Å²) in [5.41, 5.74) is 1.99. The van der Waals surface area contributed by atoms with Crippen LogP contribution < -0.4 is 5.32 Å². The summed E-state index contributed by atoms with van der Waals surface area (Å²) < 4.78 is 8.11. The predicted octanol–water partition coefficient (Wildman–Crippen LogP) is 2.42. The van der Waals surface area contributed by atoms with Gasteiger partial charge in [-0.05, 0) is 44.4 Å². The minimum atomic E-state index is 0.312. The Balaban J connectivity index is 1.72. The summed E-state index contributed by atoms with van der Waals surface area (Å²) in [5, 5.41) is 3.61. The molecule has 112 valence electrons.